The van der Waals surface area contributed by atoms with Crippen molar-refractivity contribution >= 4 is 39.3 Å². The molecule has 122 valence electrons. The first-order chi connectivity index (χ1) is 11.7. The van der Waals surface area contributed by atoms with Gasteiger partial charge in [0.1, 0.15) is 11.4 Å². The van der Waals surface area contributed by atoms with Crippen molar-refractivity contribution in [2.45, 2.75) is 4.90 Å². The molecule has 2 N–H and O–H groups in total. The van der Waals surface area contributed by atoms with E-state index in [1.54, 1.807) is 25.8 Å². The van der Waals surface area contributed by atoms with E-state index in [-0.39, 0.29) is 0 Å². The number of nitrogens with one attached hydrogen (secondary N) is 2. The second-order valence-corrected chi connectivity index (χ2v) is 6.82. The molecule has 0 aliphatic carbocycles. The molecule has 7 heteroatoms. The SMILES string of the molecule is COc1cc(S(C)=O)ccc1N1C=Cc2cc3[nH]cnc3cc2N1. The molecule has 0 amide bonds. The predicted octanol–water partition coefficient (Wildman–Crippen LogP) is 3.13. The van der Waals surface area contributed by atoms with Gasteiger partial charge in [-0.2, -0.15) is 0 Å². The monoisotopic (exact) mass is 340 g/mol. The molecule has 3 aromatic rings. The number of benzene rings is 2. The van der Waals surface area contributed by atoms with Crippen LogP contribution >= 0.6 is 0 Å². The minimum Gasteiger partial charge on any atom is -0.494 e. The molecule has 0 saturated carbocycles. The first-order valence-corrected chi connectivity index (χ1v) is 8.94. The van der Waals surface area contributed by atoms with E-state index in [1.165, 1.54) is 0 Å². The Kier molecular flexibility index (Phi) is 3.50. The molecule has 0 saturated heterocycles. The number of anilines is 2. The quantitative estimate of drug-likeness (QED) is 0.766. The number of ether oxygens (including phenoxy) is 1. The second-order valence-electron chi connectivity index (χ2n) is 5.44. The Morgan fingerprint density at radius 2 is 2.12 bits per heavy atom. The molecule has 0 bridgehead atoms. The zero-order valence-electron chi connectivity index (χ0n) is 13.2. The van der Waals surface area contributed by atoms with Crippen LogP contribution in [-0.2, 0) is 10.8 Å². The minimum atomic E-state index is -1.05. The van der Waals surface area contributed by atoms with Gasteiger partial charge in [-0.25, -0.2) is 4.98 Å². The summed E-state index contributed by atoms with van der Waals surface area (Å²) in [5, 5.41) is 1.88. The van der Waals surface area contributed by atoms with Crippen molar-refractivity contribution in [1.29, 1.82) is 0 Å². The zero-order chi connectivity index (χ0) is 16.7. The van der Waals surface area contributed by atoms with Gasteiger partial charge in [-0.3, -0.25) is 14.6 Å². The summed E-state index contributed by atoms with van der Waals surface area (Å²) >= 11 is 0. The number of H-pyrrole nitrogens is 1. The zero-order valence-corrected chi connectivity index (χ0v) is 14.1. The standard InChI is InChI=1S/C17H16N4O2S/c1-23-17-8-12(24(2)22)3-4-16(17)21-6-5-11-7-14-15(19-10-18-14)9-13(11)20-21/h3-10,20H,1-2H3,(H,18,19). The lowest BCUT2D eigenvalue weighted by atomic mass is 10.1. The first kappa shape index (κ1) is 14.8. The summed E-state index contributed by atoms with van der Waals surface area (Å²) in [6.07, 6.45) is 7.30. The first-order valence-electron chi connectivity index (χ1n) is 7.38. The summed E-state index contributed by atoms with van der Waals surface area (Å²) in [5.74, 6) is 0.657. The fourth-order valence-electron chi connectivity index (χ4n) is 2.73. The van der Waals surface area contributed by atoms with Crippen molar-refractivity contribution in [3.63, 3.8) is 0 Å². The molecular weight excluding hydrogens is 324 g/mol. The van der Waals surface area contributed by atoms with Gasteiger partial charge in [0.2, 0.25) is 0 Å². The van der Waals surface area contributed by atoms with E-state index in [1.807, 2.05) is 35.5 Å². The van der Waals surface area contributed by atoms with Gasteiger partial charge in [-0.05, 0) is 36.4 Å². The highest BCUT2D eigenvalue weighted by atomic mass is 32.2. The number of imidazole rings is 1. The topological polar surface area (TPSA) is 70.2 Å². The van der Waals surface area contributed by atoms with Crippen molar-refractivity contribution in [2.75, 3.05) is 23.8 Å². The van der Waals surface area contributed by atoms with Crippen LogP contribution in [0.5, 0.6) is 5.75 Å². The normalized spacial score (nSPS) is 14.3. The van der Waals surface area contributed by atoms with Gasteiger partial charge in [0, 0.05) is 33.7 Å². The summed E-state index contributed by atoms with van der Waals surface area (Å²) in [7, 11) is 0.557. The van der Waals surface area contributed by atoms with Crippen LogP contribution in [0.3, 0.4) is 0 Å². The van der Waals surface area contributed by atoms with Crippen molar-refractivity contribution in [2.24, 2.45) is 0 Å². The lowest BCUT2D eigenvalue weighted by molar-refractivity contribution is 0.414. The third kappa shape index (κ3) is 2.43. The maximum Gasteiger partial charge on any atom is 0.145 e. The van der Waals surface area contributed by atoms with Gasteiger partial charge >= 0.3 is 0 Å². The predicted molar refractivity (Wildman–Crippen MR) is 96.6 cm³/mol. The highest BCUT2D eigenvalue weighted by Crippen LogP contribution is 2.34. The third-order valence-corrected chi connectivity index (χ3v) is 4.90. The summed E-state index contributed by atoms with van der Waals surface area (Å²) in [6, 6.07) is 9.59. The smallest absolute Gasteiger partial charge is 0.145 e. The number of aromatic amines is 1. The van der Waals surface area contributed by atoms with Gasteiger partial charge < -0.3 is 9.72 Å². The number of hydrazine groups is 1. The van der Waals surface area contributed by atoms with Crippen molar-refractivity contribution < 1.29 is 8.95 Å². The lowest BCUT2D eigenvalue weighted by Gasteiger charge is -2.28. The Morgan fingerprint density at radius 3 is 2.92 bits per heavy atom. The Morgan fingerprint density at radius 1 is 1.25 bits per heavy atom. The van der Waals surface area contributed by atoms with Crippen LogP contribution in [-0.4, -0.2) is 27.5 Å². The van der Waals surface area contributed by atoms with Crippen molar-refractivity contribution in [3.05, 3.63) is 48.4 Å². The molecule has 0 radical (unpaired) electrons. The molecule has 24 heavy (non-hydrogen) atoms. The maximum atomic E-state index is 11.7. The van der Waals surface area contributed by atoms with Crippen LogP contribution in [0.25, 0.3) is 17.1 Å². The Hall–Kier alpha value is -2.80. The van der Waals surface area contributed by atoms with Crippen LogP contribution in [0.4, 0.5) is 11.4 Å². The van der Waals surface area contributed by atoms with Gasteiger partial charge in [-0.1, -0.05) is 0 Å². The van der Waals surface area contributed by atoms with Crippen molar-refractivity contribution in [3.8, 4) is 5.75 Å². The molecule has 0 spiro atoms. The molecule has 1 aromatic heterocycles. The van der Waals surface area contributed by atoms with Crippen LogP contribution in [0.2, 0.25) is 0 Å². The van der Waals surface area contributed by atoms with Gasteiger partial charge in [-0.15, -0.1) is 0 Å². The lowest BCUT2D eigenvalue weighted by Crippen LogP contribution is -2.26. The van der Waals surface area contributed by atoms with E-state index < -0.39 is 10.8 Å². The van der Waals surface area contributed by atoms with Crippen LogP contribution in [0.15, 0.2) is 47.8 Å². The number of nitrogens with zero attached hydrogens (tertiary/aromatic N) is 2. The summed E-state index contributed by atoms with van der Waals surface area (Å²) in [5.41, 5.74) is 8.14. The Labute approximate surface area is 141 Å². The highest BCUT2D eigenvalue weighted by Gasteiger charge is 2.17. The molecule has 4 rings (SSSR count). The van der Waals surface area contributed by atoms with E-state index in [2.05, 4.69) is 21.5 Å². The van der Waals surface area contributed by atoms with Crippen LogP contribution in [0, 0.1) is 0 Å². The van der Waals surface area contributed by atoms with E-state index >= 15 is 0 Å². The molecule has 1 aliphatic rings. The molecule has 1 aliphatic heterocycles. The van der Waals surface area contributed by atoms with Crippen molar-refractivity contribution in [1.82, 2.24) is 9.97 Å². The molecular formula is C17H16N4O2S. The number of hydrogen-bond donors (Lipinski definition) is 2. The van der Waals surface area contributed by atoms with E-state index in [4.69, 9.17) is 4.74 Å². The van der Waals surface area contributed by atoms with E-state index in [0.717, 1.165) is 32.9 Å². The fraction of sp³-hybridized carbons (Fsp3) is 0.118. The van der Waals surface area contributed by atoms with E-state index in [0.29, 0.717) is 5.75 Å². The molecule has 0 fully saturated rings. The number of rotatable bonds is 3. The van der Waals surface area contributed by atoms with Gasteiger partial charge in [0.05, 0.1) is 30.2 Å². The number of fused-ring (bicyclic) bond motifs is 2. The van der Waals surface area contributed by atoms with E-state index in [9.17, 15) is 4.21 Å². The summed E-state index contributed by atoms with van der Waals surface area (Å²) in [4.78, 5) is 8.14. The summed E-state index contributed by atoms with van der Waals surface area (Å²) in [6.45, 7) is 0. The van der Waals surface area contributed by atoms with Crippen LogP contribution in [0.1, 0.15) is 5.56 Å². The molecule has 2 aromatic carbocycles. The molecule has 1 atom stereocenters. The average molecular weight is 340 g/mol. The van der Waals surface area contributed by atoms with Crippen LogP contribution < -0.4 is 15.2 Å². The second kappa shape index (κ2) is 5.68. The fourth-order valence-corrected chi connectivity index (χ4v) is 3.26. The molecule has 1 unspecified atom stereocenters. The minimum absolute atomic E-state index is 0.657. The maximum absolute atomic E-state index is 11.7. The molecule has 2 heterocycles. The number of hydrogen-bond acceptors (Lipinski definition) is 5. The Bertz CT molecular complexity index is 980. The number of aromatic nitrogens is 2. The number of methoxy groups -OCH3 is 1. The Balaban J connectivity index is 1.73. The van der Waals surface area contributed by atoms with Gasteiger partial charge in [0.15, 0.2) is 0 Å². The largest absolute Gasteiger partial charge is 0.494 e. The highest BCUT2D eigenvalue weighted by molar-refractivity contribution is 7.84. The summed E-state index contributed by atoms with van der Waals surface area (Å²) < 4.78 is 17.1. The average Bonchev–Trinajstić information content (AvgIpc) is 3.05. The third-order valence-electron chi connectivity index (χ3n) is 3.98. The van der Waals surface area contributed by atoms with Gasteiger partial charge in [0.25, 0.3) is 0 Å². The molecule has 6 nitrogen and oxygen atoms in total.